The quantitative estimate of drug-likeness (QED) is 0.651. The fourth-order valence-corrected chi connectivity index (χ4v) is 2.47. The average molecular weight is 250 g/mol. The Labute approximate surface area is 106 Å². The Bertz CT molecular complexity index is 436. The summed E-state index contributed by atoms with van der Waals surface area (Å²) in [6.45, 7) is 2.83. The minimum atomic E-state index is -0.393. The Morgan fingerprint density at radius 1 is 1.61 bits per heavy atom. The van der Waals surface area contributed by atoms with Crippen molar-refractivity contribution in [1.82, 2.24) is 4.98 Å². The Hall–Kier alpha value is -1.69. The van der Waals surface area contributed by atoms with E-state index in [1.807, 2.05) is 6.92 Å². The van der Waals surface area contributed by atoms with E-state index in [2.05, 4.69) is 9.88 Å². The first-order valence-electron chi connectivity index (χ1n) is 6.22. The molecular formula is C12H18N4O2. The van der Waals surface area contributed by atoms with Gasteiger partial charge in [0.2, 0.25) is 0 Å². The van der Waals surface area contributed by atoms with Crippen molar-refractivity contribution in [2.45, 2.75) is 38.3 Å². The summed E-state index contributed by atoms with van der Waals surface area (Å²) < 4.78 is 0. The van der Waals surface area contributed by atoms with Crippen LogP contribution in [0.15, 0.2) is 18.3 Å². The van der Waals surface area contributed by atoms with E-state index in [1.54, 1.807) is 0 Å². The number of nitrogens with two attached hydrogens (primary N) is 1. The van der Waals surface area contributed by atoms with Gasteiger partial charge >= 0.3 is 0 Å². The topological polar surface area (TPSA) is 85.3 Å². The zero-order valence-corrected chi connectivity index (χ0v) is 10.5. The summed E-state index contributed by atoms with van der Waals surface area (Å²) in [6.07, 6.45) is 4.73. The second kappa shape index (κ2) is 5.30. The van der Waals surface area contributed by atoms with Gasteiger partial charge in [-0.05, 0) is 26.2 Å². The highest BCUT2D eigenvalue weighted by Crippen LogP contribution is 2.26. The lowest BCUT2D eigenvalue weighted by molar-refractivity contribution is -0.384. The minimum Gasteiger partial charge on any atom is -0.352 e. The first-order valence-corrected chi connectivity index (χ1v) is 6.22. The van der Waals surface area contributed by atoms with E-state index in [0.29, 0.717) is 5.82 Å². The number of pyridine rings is 1. The molecule has 0 spiro atoms. The van der Waals surface area contributed by atoms with Crippen LogP contribution in [0, 0.1) is 10.1 Å². The molecule has 2 atom stereocenters. The third kappa shape index (κ3) is 2.59. The Balaban J connectivity index is 2.28. The molecule has 2 unspecified atom stereocenters. The van der Waals surface area contributed by atoms with Gasteiger partial charge in [-0.25, -0.2) is 4.98 Å². The predicted molar refractivity (Wildman–Crippen MR) is 69.5 cm³/mol. The number of piperidine rings is 1. The Morgan fingerprint density at radius 3 is 3.06 bits per heavy atom. The predicted octanol–water partition coefficient (Wildman–Crippen LogP) is 1.70. The molecular weight excluding hydrogens is 232 g/mol. The number of nitro groups is 1. The van der Waals surface area contributed by atoms with Crippen LogP contribution in [0.5, 0.6) is 0 Å². The van der Waals surface area contributed by atoms with E-state index in [4.69, 9.17) is 5.73 Å². The lowest BCUT2D eigenvalue weighted by Gasteiger charge is -2.38. The summed E-state index contributed by atoms with van der Waals surface area (Å²) in [4.78, 5) is 16.7. The number of aromatic nitrogens is 1. The first-order chi connectivity index (χ1) is 8.59. The highest BCUT2D eigenvalue weighted by atomic mass is 16.6. The molecule has 6 nitrogen and oxygen atoms in total. The lowest BCUT2D eigenvalue weighted by Crippen LogP contribution is -2.49. The molecule has 6 heteroatoms. The molecule has 1 saturated heterocycles. The van der Waals surface area contributed by atoms with Crippen molar-refractivity contribution in [1.29, 1.82) is 0 Å². The number of hydrogen-bond donors (Lipinski definition) is 1. The molecule has 98 valence electrons. The molecule has 1 aliphatic rings. The molecule has 1 aromatic heterocycles. The smallest absolute Gasteiger partial charge is 0.274 e. The van der Waals surface area contributed by atoms with E-state index in [-0.39, 0.29) is 17.8 Å². The van der Waals surface area contributed by atoms with Gasteiger partial charge in [0.15, 0.2) is 0 Å². The van der Waals surface area contributed by atoms with Gasteiger partial charge in [0, 0.05) is 30.9 Å². The maximum Gasteiger partial charge on any atom is 0.274 e. The van der Waals surface area contributed by atoms with Crippen LogP contribution in [0.1, 0.15) is 26.2 Å². The summed E-state index contributed by atoms with van der Waals surface area (Å²) in [6, 6.07) is 3.19. The summed E-state index contributed by atoms with van der Waals surface area (Å²) in [5.74, 6) is 0.659. The summed E-state index contributed by atoms with van der Waals surface area (Å²) in [7, 11) is 0. The van der Waals surface area contributed by atoms with E-state index in [0.717, 1.165) is 25.8 Å². The molecule has 0 radical (unpaired) electrons. The molecule has 2 rings (SSSR count). The normalized spacial score (nSPS) is 21.7. The molecule has 18 heavy (non-hydrogen) atoms. The van der Waals surface area contributed by atoms with Gasteiger partial charge in [0.25, 0.3) is 5.69 Å². The number of hydrogen-bond acceptors (Lipinski definition) is 5. The number of nitrogens with zero attached hydrogens (tertiary/aromatic N) is 3. The second-order valence-corrected chi connectivity index (χ2v) is 4.74. The van der Waals surface area contributed by atoms with Gasteiger partial charge in [-0.15, -0.1) is 0 Å². The highest BCUT2D eigenvalue weighted by molar-refractivity contribution is 5.48. The van der Waals surface area contributed by atoms with Crippen LogP contribution in [-0.2, 0) is 0 Å². The first kappa shape index (κ1) is 12.8. The van der Waals surface area contributed by atoms with Crippen LogP contribution in [0.25, 0.3) is 0 Å². The molecule has 0 bridgehead atoms. The monoisotopic (exact) mass is 250 g/mol. The van der Waals surface area contributed by atoms with Crippen LogP contribution in [0.2, 0.25) is 0 Å². The summed E-state index contributed by atoms with van der Waals surface area (Å²) in [5, 5.41) is 10.8. The molecule has 2 N–H and O–H groups in total. The van der Waals surface area contributed by atoms with E-state index in [1.165, 1.54) is 18.3 Å². The molecule has 1 fully saturated rings. The van der Waals surface area contributed by atoms with Gasteiger partial charge in [-0.2, -0.15) is 0 Å². The van der Waals surface area contributed by atoms with Crippen LogP contribution < -0.4 is 10.6 Å². The molecule has 2 heterocycles. The Kier molecular flexibility index (Phi) is 3.76. The molecule has 0 aliphatic carbocycles. The van der Waals surface area contributed by atoms with Gasteiger partial charge in [-0.3, -0.25) is 10.1 Å². The van der Waals surface area contributed by atoms with Crippen molar-refractivity contribution in [3.8, 4) is 0 Å². The van der Waals surface area contributed by atoms with Gasteiger partial charge in [0.05, 0.1) is 11.0 Å². The number of anilines is 1. The molecule has 1 aromatic rings. The van der Waals surface area contributed by atoms with Crippen molar-refractivity contribution in [3.05, 3.63) is 28.4 Å². The van der Waals surface area contributed by atoms with Crippen molar-refractivity contribution in [2.75, 3.05) is 11.4 Å². The average Bonchev–Trinajstić information content (AvgIpc) is 2.39. The van der Waals surface area contributed by atoms with E-state index < -0.39 is 4.92 Å². The fraction of sp³-hybridized carbons (Fsp3) is 0.583. The summed E-state index contributed by atoms with van der Waals surface area (Å²) >= 11 is 0. The van der Waals surface area contributed by atoms with E-state index >= 15 is 0 Å². The molecule has 0 amide bonds. The zero-order valence-electron chi connectivity index (χ0n) is 10.5. The van der Waals surface area contributed by atoms with Crippen molar-refractivity contribution >= 4 is 11.5 Å². The Morgan fingerprint density at radius 2 is 2.39 bits per heavy atom. The zero-order chi connectivity index (χ0) is 13.1. The van der Waals surface area contributed by atoms with Crippen LogP contribution in [0.4, 0.5) is 11.5 Å². The highest BCUT2D eigenvalue weighted by Gasteiger charge is 2.27. The fourth-order valence-electron chi connectivity index (χ4n) is 2.47. The van der Waals surface area contributed by atoms with Crippen LogP contribution in [-0.4, -0.2) is 28.5 Å². The third-order valence-electron chi connectivity index (χ3n) is 3.39. The van der Waals surface area contributed by atoms with Gasteiger partial charge in [0.1, 0.15) is 5.82 Å². The lowest BCUT2D eigenvalue weighted by atomic mass is 9.97. The molecule has 0 aromatic carbocycles. The van der Waals surface area contributed by atoms with Gasteiger partial charge < -0.3 is 10.6 Å². The molecule has 0 saturated carbocycles. The van der Waals surface area contributed by atoms with Crippen molar-refractivity contribution < 1.29 is 4.92 Å². The van der Waals surface area contributed by atoms with Gasteiger partial charge in [-0.1, -0.05) is 0 Å². The second-order valence-electron chi connectivity index (χ2n) is 4.74. The standard InChI is InChI=1S/C12H18N4O2/c1-9(13)11-4-2-3-7-15(11)12-8-10(16(17)18)5-6-14-12/h5-6,8-9,11H,2-4,7,13H2,1H3. The van der Waals surface area contributed by atoms with Crippen molar-refractivity contribution in [2.24, 2.45) is 5.73 Å². The molecule has 1 aliphatic heterocycles. The maximum absolute atomic E-state index is 10.8. The number of rotatable bonds is 3. The minimum absolute atomic E-state index is 0.0337. The van der Waals surface area contributed by atoms with Crippen LogP contribution >= 0.6 is 0 Å². The SMILES string of the molecule is CC(N)C1CCCCN1c1cc([N+](=O)[O-])ccn1. The van der Waals surface area contributed by atoms with Crippen LogP contribution in [0.3, 0.4) is 0 Å². The third-order valence-corrected chi connectivity index (χ3v) is 3.39. The van der Waals surface area contributed by atoms with E-state index in [9.17, 15) is 10.1 Å². The van der Waals surface area contributed by atoms with Crippen molar-refractivity contribution in [3.63, 3.8) is 0 Å². The summed E-state index contributed by atoms with van der Waals surface area (Å²) in [5.41, 5.74) is 6.07. The maximum atomic E-state index is 10.8. The largest absolute Gasteiger partial charge is 0.352 e.